The number of nitrogens with two attached hydrogens (primary N) is 1. The van der Waals surface area contributed by atoms with E-state index in [9.17, 15) is 4.79 Å². The molecule has 0 saturated carbocycles. The lowest BCUT2D eigenvalue weighted by Gasteiger charge is -2.18. The van der Waals surface area contributed by atoms with Gasteiger partial charge in [-0.15, -0.1) is 0 Å². The molecule has 3 rings (SSSR count). The number of oxazole rings is 3. The van der Waals surface area contributed by atoms with Crippen LogP contribution in [-0.4, -0.2) is 26.5 Å². The molecule has 2 N–H and O–H groups in total. The van der Waals surface area contributed by atoms with Crippen molar-refractivity contribution in [1.82, 2.24) is 15.0 Å². The van der Waals surface area contributed by atoms with Gasteiger partial charge in [0.2, 0.25) is 17.7 Å². The van der Waals surface area contributed by atoms with E-state index in [-0.39, 0.29) is 23.5 Å². The molecule has 1 atom stereocenters. The highest BCUT2D eigenvalue weighted by Gasteiger charge is 2.25. The van der Waals surface area contributed by atoms with E-state index in [4.69, 9.17) is 23.7 Å². The van der Waals surface area contributed by atoms with Crippen LogP contribution in [0.25, 0.3) is 23.2 Å². The fourth-order valence-electron chi connectivity index (χ4n) is 2.56. The molecule has 3 aromatic heterocycles. The molecule has 1 unspecified atom stereocenters. The Morgan fingerprint density at radius 1 is 1.14 bits per heavy atom. The van der Waals surface area contributed by atoms with Gasteiger partial charge < -0.3 is 23.7 Å². The molecule has 0 aliphatic carbocycles. The highest BCUT2D eigenvalue weighted by molar-refractivity contribution is 5.87. The van der Waals surface area contributed by atoms with Crippen molar-refractivity contribution in [3.05, 3.63) is 29.9 Å². The van der Waals surface area contributed by atoms with Crippen molar-refractivity contribution in [1.29, 1.82) is 0 Å². The third-order valence-electron chi connectivity index (χ3n) is 3.99. The quantitative estimate of drug-likeness (QED) is 0.574. The van der Waals surface area contributed by atoms with Crippen LogP contribution in [0.4, 0.5) is 0 Å². The summed E-state index contributed by atoms with van der Waals surface area (Å²) in [5.41, 5.74) is 6.32. The van der Waals surface area contributed by atoms with E-state index in [2.05, 4.69) is 15.0 Å². The van der Waals surface area contributed by atoms with Gasteiger partial charge in [-0.3, -0.25) is 0 Å². The molecule has 0 spiro atoms. The summed E-state index contributed by atoms with van der Waals surface area (Å²) >= 11 is 0. The highest BCUT2D eigenvalue weighted by Crippen LogP contribution is 2.29. The molecule has 3 heterocycles. The zero-order valence-electron chi connectivity index (χ0n) is 17.3. The summed E-state index contributed by atoms with van der Waals surface area (Å²) in [5.74, 6) is 0.970. The third-order valence-corrected chi connectivity index (χ3v) is 3.99. The van der Waals surface area contributed by atoms with Crippen LogP contribution in [0.3, 0.4) is 0 Å². The maximum atomic E-state index is 12.1. The zero-order chi connectivity index (χ0) is 21.2. The Labute approximate surface area is 168 Å². The number of aryl methyl sites for hydroxylation is 1. The molecule has 9 nitrogen and oxygen atoms in total. The van der Waals surface area contributed by atoms with Crippen LogP contribution in [0, 0.1) is 0 Å². The van der Waals surface area contributed by atoms with Gasteiger partial charge in [0.15, 0.2) is 17.1 Å². The molecule has 9 heteroatoms. The van der Waals surface area contributed by atoms with Crippen molar-refractivity contribution < 1.29 is 22.8 Å². The van der Waals surface area contributed by atoms with E-state index in [1.807, 2.05) is 13.8 Å². The maximum absolute atomic E-state index is 12.1. The van der Waals surface area contributed by atoms with E-state index in [1.165, 1.54) is 12.5 Å². The molecule has 0 bridgehead atoms. The molecular weight excluding hydrogens is 376 g/mol. The van der Waals surface area contributed by atoms with E-state index < -0.39 is 11.6 Å². The number of hydrogen-bond acceptors (Lipinski definition) is 9. The lowest BCUT2D eigenvalue weighted by atomic mass is 10.2. The van der Waals surface area contributed by atoms with Gasteiger partial charge in [-0.1, -0.05) is 13.8 Å². The second-order valence-electron chi connectivity index (χ2n) is 7.67. The molecule has 0 radical (unpaired) electrons. The lowest BCUT2D eigenvalue weighted by Crippen LogP contribution is -2.24. The Morgan fingerprint density at radius 3 is 2.52 bits per heavy atom. The Kier molecular flexibility index (Phi) is 5.88. The number of aromatic nitrogens is 3. The number of carbonyl (C=O) groups is 1. The number of ether oxygens (including phenoxy) is 1. The normalized spacial score (nSPS) is 12.9. The van der Waals surface area contributed by atoms with Crippen LogP contribution < -0.4 is 5.73 Å². The minimum Gasteiger partial charge on any atom is -0.455 e. The van der Waals surface area contributed by atoms with Crippen molar-refractivity contribution in [2.75, 3.05) is 0 Å². The SMILES string of the molecule is CCCc1oc(C(N)CC)nc1-c1nc(-c2nc(C(=O)OC(C)(C)C)co2)co1. The summed E-state index contributed by atoms with van der Waals surface area (Å²) in [4.78, 5) is 25.1. The average molecular weight is 402 g/mol. The first-order valence-electron chi connectivity index (χ1n) is 9.62. The first kappa shape index (κ1) is 20.8. The van der Waals surface area contributed by atoms with Crippen molar-refractivity contribution in [3.63, 3.8) is 0 Å². The third kappa shape index (κ3) is 4.73. The standard InChI is InChI=1S/C20H26N4O5/c1-6-8-14-15(24-16(28-14)11(21)7-2)18-22-12(9-27-18)17-23-13(10-26-17)19(25)29-20(3,4)5/h9-11H,6-8,21H2,1-5H3. The summed E-state index contributed by atoms with van der Waals surface area (Å²) in [6, 6.07) is -0.295. The molecule has 156 valence electrons. The topological polar surface area (TPSA) is 130 Å². The van der Waals surface area contributed by atoms with Crippen molar-refractivity contribution in [2.24, 2.45) is 5.73 Å². The number of esters is 1. The molecule has 0 fully saturated rings. The predicted molar refractivity (Wildman–Crippen MR) is 104 cm³/mol. The van der Waals surface area contributed by atoms with Gasteiger partial charge in [-0.25, -0.2) is 19.7 Å². The predicted octanol–water partition coefficient (Wildman–Crippen LogP) is 4.30. The van der Waals surface area contributed by atoms with Crippen LogP contribution >= 0.6 is 0 Å². The van der Waals surface area contributed by atoms with Gasteiger partial charge in [-0.05, 0) is 33.6 Å². The fourth-order valence-corrected chi connectivity index (χ4v) is 2.56. The largest absolute Gasteiger partial charge is 0.455 e. The smallest absolute Gasteiger partial charge is 0.360 e. The minimum atomic E-state index is -0.628. The molecule has 3 aromatic rings. The molecule has 0 saturated heterocycles. The molecule has 29 heavy (non-hydrogen) atoms. The zero-order valence-corrected chi connectivity index (χ0v) is 17.3. The second-order valence-corrected chi connectivity index (χ2v) is 7.67. The minimum absolute atomic E-state index is 0.0591. The molecule has 0 aliphatic heterocycles. The molecule has 0 aliphatic rings. The Hall–Kier alpha value is -2.94. The van der Waals surface area contributed by atoms with Crippen molar-refractivity contribution in [2.45, 2.75) is 65.5 Å². The highest BCUT2D eigenvalue weighted by atomic mass is 16.6. The van der Waals surface area contributed by atoms with Gasteiger partial charge >= 0.3 is 5.97 Å². The maximum Gasteiger partial charge on any atom is 0.360 e. The van der Waals surface area contributed by atoms with Gasteiger partial charge in [0.25, 0.3) is 0 Å². The fraction of sp³-hybridized carbons (Fsp3) is 0.500. The first-order valence-corrected chi connectivity index (χ1v) is 9.62. The van der Waals surface area contributed by atoms with Gasteiger partial charge in [0.05, 0.1) is 6.04 Å². The summed E-state index contributed by atoms with van der Waals surface area (Å²) in [6.45, 7) is 9.33. The average Bonchev–Trinajstić information content (AvgIpc) is 3.38. The van der Waals surface area contributed by atoms with Gasteiger partial charge in [-0.2, -0.15) is 0 Å². The van der Waals surface area contributed by atoms with Crippen LogP contribution in [0.5, 0.6) is 0 Å². The van der Waals surface area contributed by atoms with Crippen LogP contribution in [0.15, 0.2) is 25.8 Å². The van der Waals surface area contributed by atoms with E-state index in [0.717, 1.165) is 6.42 Å². The number of rotatable bonds is 7. The Balaban J connectivity index is 1.86. The summed E-state index contributed by atoms with van der Waals surface area (Å²) in [7, 11) is 0. The van der Waals surface area contributed by atoms with E-state index in [0.29, 0.717) is 35.9 Å². The summed E-state index contributed by atoms with van der Waals surface area (Å²) in [6.07, 6.45) is 4.87. The Morgan fingerprint density at radius 2 is 1.86 bits per heavy atom. The first-order chi connectivity index (χ1) is 13.7. The van der Waals surface area contributed by atoms with E-state index >= 15 is 0 Å². The van der Waals surface area contributed by atoms with Crippen LogP contribution in [-0.2, 0) is 11.2 Å². The number of hydrogen-bond donors (Lipinski definition) is 1. The Bertz CT molecular complexity index is 979. The van der Waals surface area contributed by atoms with Crippen LogP contribution in [0.1, 0.15) is 75.6 Å². The van der Waals surface area contributed by atoms with E-state index in [1.54, 1.807) is 20.8 Å². The van der Waals surface area contributed by atoms with Gasteiger partial charge in [0, 0.05) is 6.42 Å². The molecular formula is C20H26N4O5. The summed E-state index contributed by atoms with van der Waals surface area (Å²) in [5, 5.41) is 0. The van der Waals surface area contributed by atoms with Crippen molar-refractivity contribution in [3.8, 4) is 23.2 Å². The summed E-state index contributed by atoms with van der Waals surface area (Å²) < 4.78 is 22.1. The molecule has 0 aromatic carbocycles. The lowest BCUT2D eigenvalue weighted by molar-refractivity contribution is 0.00628. The number of nitrogens with zero attached hydrogens (tertiary/aromatic N) is 3. The second kappa shape index (κ2) is 8.20. The molecule has 0 amide bonds. The number of carbonyl (C=O) groups excluding carboxylic acids is 1. The van der Waals surface area contributed by atoms with Crippen LogP contribution in [0.2, 0.25) is 0 Å². The van der Waals surface area contributed by atoms with Gasteiger partial charge in [0.1, 0.15) is 23.9 Å². The van der Waals surface area contributed by atoms with Crippen molar-refractivity contribution >= 4 is 5.97 Å². The monoisotopic (exact) mass is 402 g/mol.